The minimum atomic E-state index is 0.308. The van der Waals surface area contributed by atoms with Crippen molar-refractivity contribution in [2.24, 2.45) is 0 Å². The number of ether oxygens (including phenoxy) is 1. The summed E-state index contributed by atoms with van der Waals surface area (Å²) in [6, 6.07) is 5.02. The number of rotatable bonds is 3. The molecule has 0 aliphatic rings. The van der Waals surface area contributed by atoms with Crippen LogP contribution in [-0.2, 0) is 0 Å². The summed E-state index contributed by atoms with van der Waals surface area (Å²) in [5.41, 5.74) is 9.44. The Morgan fingerprint density at radius 2 is 2.24 bits per heavy atom. The molecule has 2 rings (SSSR count). The standard InChI is InChI=1S/C11H11N4O2/c1-17-10-5-13-6-14-11(10)7-2-3-8(12)9(4-7)15-16/h2-6,15H,12H2,1H3/q-1. The average molecular weight is 231 g/mol. The first-order chi connectivity index (χ1) is 8.26. The predicted molar refractivity (Wildman–Crippen MR) is 65.4 cm³/mol. The summed E-state index contributed by atoms with van der Waals surface area (Å²) in [6.07, 6.45) is 2.97. The van der Waals surface area contributed by atoms with Gasteiger partial charge in [0, 0.05) is 11.3 Å². The lowest BCUT2D eigenvalue weighted by Gasteiger charge is -2.14. The Morgan fingerprint density at radius 3 is 2.94 bits per heavy atom. The van der Waals surface area contributed by atoms with Crippen molar-refractivity contribution in [1.29, 1.82) is 0 Å². The number of nitrogen functional groups attached to an aromatic ring is 1. The van der Waals surface area contributed by atoms with E-state index in [2.05, 4.69) is 9.97 Å². The van der Waals surface area contributed by atoms with Crippen LogP contribution in [0.25, 0.3) is 11.3 Å². The average Bonchev–Trinajstić information content (AvgIpc) is 2.39. The van der Waals surface area contributed by atoms with Gasteiger partial charge >= 0.3 is 0 Å². The highest BCUT2D eigenvalue weighted by Gasteiger charge is 2.08. The number of hydrogen-bond acceptors (Lipinski definition) is 6. The van der Waals surface area contributed by atoms with Gasteiger partial charge in [0.25, 0.3) is 0 Å². The van der Waals surface area contributed by atoms with Gasteiger partial charge in [0.15, 0.2) is 5.75 Å². The third-order valence-corrected chi connectivity index (χ3v) is 2.34. The van der Waals surface area contributed by atoms with E-state index in [0.717, 1.165) is 5.56 Å². The van der Waals surface area contributed by atoms with Gasteiger partial charge in [-0.1, -0.05) is 6.07 Å². The van der Waals surface area contributed by atoms with Gasteiger partial charge in [-0.2, -0.15) is 0 Å². The molecule has 17 heavy (non-hydrogen) atoms. The van der Waals surface area contributed by atoms with Gasteiger partial charge in [0.05, 0.1) is 19.0 Å². The molecule has 6 heteroatoms. The van der Waals surface area contributed by atoms with Gasteiger partial charge in [0.1, 0.15) is 12.0 Å². The quantitative estimate of drug-likeness (QED) is 0.615. The Bertz CT molecular complexity index is 531. The third-order valence-electron chi connectivity index (χ3n) is 2.34. The highest BCUT2D eigenvalue weighted by molar-refractivity contribution is 5.76. The number of benzene rings is 1. The van der Waals surface area contributed by atoms with Crippen LogP contribution in [0.3, 0.4) is 0 Å². The largest absolute Gasteiger partial charge is 0.761 e. The zero-order valence-corrected chi connectivity index (χ0v) is 9.18. The molecule has 0 atom stereocenters. The lowest BCUT2D eigenvalue weighted by molar-refractivity contribution is 0.412. The van der Waals surface area contributed by atoms with Crippen LogP contribution in [0.1, 0.15) is 0 Å². The van der Waals surface area contributed by atoms with Crippen LogP contribution in [0.15, 0.2) is 30.7 Å². The molecule has 0 bridgehead atoms. The normalized spacial score (nSPS) is 10.0. The van der Waals surface area contributed by atoms with Crippen molar-refractivity contribution in [3.8, 4) is 17.0 Å². The highest BCUT2D eigenvalue weighted by atomic mass is 16.5. The first-order valence-electron chi connectivity index (χ1n) is 4.88. The minimum absolute atomic E-state index is 0.308. The van der Waals surface area contributed by atoms with Crippen LogP contribution in [0.4, 0.5) is 11.4 Å². The van der Waals surface area contributed by atoms with E-state index in [1.54, 1.807) is 29.9 Å². The predicted octanol–water partition coefficient (Wildman–Crippen LogP) is 1.64. The summed E-state index contributed by atoms with van der Waals surface area (Å²) >= 11 is 0. The Morgan fingerprint density at radius 1 is 1.41 bits per heavy atom. The summed E-state index contributed by atoms with van der Waals surface area (Å²) in [5.74, 6) is 0.536. The van der Waals surface area contributed by atoms with Crippen LogP contribution in [0, 0.1) is 5.21 Å². The van der Waals surface area contributed by atoms with Crippen LogP contribution in [0.2, 0.25) is 0 Å². The topological polar surface area (TPSA) is 96.1 Å². The number of anilines is 2. The molecule has 3 N–H and O–H groups in total. The van der Waals surface area contributed by atoms with Crippen LogP contribution >= 0.6 is 0 Å². The van der Waals surface area contributed by atoms with Crippen LogP contribution < -0.4 is 16.0 Å². The maximum absolute atomic E-state index is 10.7. The molecule has 0 saturated heterocycles. The van der Waals surface area contributed by atoms with E-state index in [1.807, 2.05) is 0 Å². The molecule has 0 aliphatic heterocycles. The monoisotopic (exact) mass is 231 g/mol. The fourth-order valence-electron chi connectivity index (χ4n) is 1.48. The zero-order valence-electron chi connectivity index (χ0n) is 9.18. The number of aromatic nitrogens is 2. The summed E-state index contributed by atoms with van der Waals surface area (Å²) in [7, 11) is 1.53. The second-order valence-electron chi connectivity index (χ2n) is 3.34. The van der Waals surface area contributed by atoms with Gasteiger partial charge in [-0.15, -0.1) is 0 Å². The lowest BCUT2D eigenvalue weighted by Crippen LogP contribution is -1.96. The van der Waals surface area contributed by atoms with Crippen molar-refractivity contribution in [3.63, 3.8) is 0 Å². The first-order valence-corrected chi connectivity index (χ1v) is 4.88. The molecular weight excluding hydrogens is 220 g/mol. The molecule has 0 unspecified atom stereocenters. The van der Waals surface area contributed by atoms with Crippen LogP contribution in [-0.4, -0.2) is 17.1 Å². The van der Waals surface area contributed by atoms with Crippen molar-refractivity contribution in [2.45, 2.75) is 0 Å². The molecule has 0 fully saturated rings. The van der Waals surface area contributed by atoms with E-state index in [4.69, 9.17) is 10.5 Å². The SMILES string of the molecule is COc1cncnc1-c1ccc(N)c(N[O-])c1. The van der Waals surface area contributed by atoms with Gasteiger partial charge in [-0.05, 0) is 12.1 Å². The molecule has 0 radical (unpaired) electrons. The smallest absolute Gasteiger partial charge is 0.163 e. The van der Waals surface area contributed by atoms with Crippen molar-refractivity contribution in [1.82, 2.24) is 9.97 Å². The molecule has 1 heterocycles. The Labute approximate surface area is 98.0 Å². The maximum Gasteiger partial charge on any atom is 0.163 e. The summed E-state index contributed by atoms with van der Waals surface area (Å²) in [5, 5.41) is 10.7. The summed E-state index contributed by atoms with van der Waals surface area (Å²) in [6.45, 7) is 0. The van der Waals surface area contributed by atoms with Gasteiger partial charge in [-0.25, -0.2) is 9.97 Å². The van der Waals surface area contributed by atoms with Crippen LogP contribution in [0.5, 0.6) is 5.75 Å². The van der Waals surface area contributed by atoms with E-state index in [9.17, 15) is 5.21 Å². The van der Waals surface area contributed by atoms with Crippen molar-refractivity contribution in [2.75, 3.05) is 18.3 Å². The number of nitrogens with zero attached hydrogens (tertiary/aromatic N) is 2. The Kier molecular flexibility index (Phi) is 3.06. The molecule has 0 spiro atoms. The summed E-state index contributed by atoms with van der Waals surface area (Å²) < 4.78 is 5.15. The molecule has 1 aromatic heterocycles. The van der Waals surface area contributed by atoms with Gasteiger partial charge < -0.3 is 21.2 Å². The highest BCUT2D eigenvalue weighted by Crippen LogP contribution is 2.30. The fourth-order valence-corrected chi connectivity index (χ4v) is 1.48. The van der Waals surface area contributed by atoms with E-state index in [1.165, 1.54) is 13.4 Å². The molecule has 88 valence electrons. The number of nitrogens with two attached hydrogens (primary N) is 1. The molecule has 0 saturated carbocycles. The first kappa shape index (κ1) is 11.2. The number of hydrogen-bond donors (Lipinski definition) is 2. The van der Waals surface area contributed by atoms with Gasteiger partial charge in [0.2, 0.25) is 0 Å². The number of methoxy groups -OCH3 is 1. The van der Waals surface area contributed by atoms with E-state index < -0.39 is 0 Å². The molecule has 0 aliphatic carbocycles. The van der Waals surface area contributed by atoms with Crippen molar-refractivity contribution < 1.29 is 4.74 Å². The van der Waals surface area contributed by atoms with E-state index in [-0.39, 0.29) is 0 Å². The van der Waals surface area contributed by atoms with Gasteiger partial charge in [-0.3, -0.25) is 0 Å². The van der Waals surface area contributed by atoms with E-state index >= 15 is 0 Å². The second-order valence-corrected chi connectivity index (χ2v) is 3.34. The molecule has 6 nitrogen and oxygen atoms in total. The molecule has 0 amide bonds. The zero-order chi connectivity index (χ0) is 12.3. The molecule has 2 aromatic rings. The maximum atomic E-state index is 10.7. The minimum Gasteiger partial charge on any atom is -0.761 e. The Balaban J connectivity index is 2.53. The third kappa shape index (κ3) is 2.11. The van der Waals surface area contributed by atoms with Crippen molar-refractivity contribution >= 4 is 11.4 Å². The number of nitrogens with one attached hydrogen (secondary N) is 1. The lowest BCUT2D eigenvalue weighted by atomic mass is 10.1. The summed E-state index contributed by atoms with van der Waals surface area (Å²) in [4.78, 5) is 7.98. The Hall–Kier alpha value is -2.34. The second kappa shape index (κ2) is 4.67. The van der Waals surface area contributed by atoms with Crippen molar-refractivity contribution in [3.05, 3.63) is 35.9 Å². The molecule has 1 aromatic carbocycles. The van der Waals surface area contributed by atoms with E-state index in [0.29, 0.717) is 22.8 Å². The fraction of sp³-hybridized carbons (Fsp3) is 0.0909. The molecular formula is C11H11N4O2-.